The molecule has 0 bridgehead atoms. The third-order valence-electron chi connectivity index (χ3n) is 4.34. The molecule has 0 spiro atoms. The second kappa shape index (κ2) is 11.1. The van der Waals surface area contributed by atoms with Gasteiger partial charge in [-0.05, 0) is 42.8 Å². The largest absolute Gasteiger partial charge is 0.508 e. The van der Waals surface area contributed by atoms with E-state index in [0.717, 1.165) is 0 Å². The van der Waals surface area contributed by atoms with Crippen molar-refractivity contribution in [2.75, 3.05) is 6.54 Å². The Morgan fingerprint density at radius 2 is 1.78 bits per heavy atom. The number of nitrogens with two attached hydrogens (primary N) is 1. The number of phenolic OH excluding ortho intramolecular Hbond substituents is 1. The van der Waals surface area contributed by atoms with Crippen molar-refractivity contribution in [2.45, 2.75) is 25.6 Å². The first-order valence-electron chi connectivity index (χ1n) is 9.51. The zero-order valence-corrected chi connectivity index (χ0v) is 17.8. The Labute approximate surface area is 188 Å². The minimum absolute atomic E-state index is 0.0408. The Morgan fingerprint density at radius 1 is 1.06 bits per heavy atom. The second-order valence-corrected chi connectivity index (χ2v) is 7.35. The average Bonchev–Trinajstić information content (AvgIpc) is 2.74. The van der Waals surface area contributed by atoms with Crippen molar-refractivity contribution in [3.63, 3.8) is 0 Å². The van der Waals surface area contributed by atoms with Crippen LogP contribution in [0.2, 0.25) is 5.02 Å². The summed E-state index contributed by atoms with van der Waals surface area (Å²) in [5.74, 6) is -3.09. The molecular formula is C21H23ClN4O6. The van der Waals surface area contributed by atoms with Crippen LogP contribution in [0.4, 0.5) is 0 Å². The van der Waals surface area contributed by atoms with E-state index < -0.39 is 35.8 Å². The number of carbonyl (C=O) groups is 4. The number of hydrogen-bond donors (Lipinski definition) is 6. The first-order valence-corrected chi connectivity index (χ1v) is 9.89. The van der Waals surface area contributed by atoms with Crippen LogP contribution in [0.25, 0.3) is 0 Å². The van der Waals surface area contributed by atoms with Crippen molar-refractivity contribution in [1.82, 2.24) is 16.0 Å². The zero-order valence-electron chi connectivity index (χ0n) is 17.1. The van der Waals surface area contributed by atoms with Gasteiger partial charge in [0.15, 0.2) is 0 Å². The lowest BCUT2D eigenvalue weighted by molar-refractivity contribution is -0.139. The van der Waals surface area contributed by atoms with Crippen LogP contribution in [-0.2, 0) is 16.1 Å². The minimum Gasteiger partial charge on any atom is -0.508 e. The molecule has 2 rings (SSSR count). The second-order valence-electron chi connectivity index (χ2n) is 6.95. The Balaban J connectivity index is 2.02. The predicted molar refractivity (Wildman–Crippen MR) is 116 cm³/mol. The smallest absolute Gasteiger partial charge is 0.328 e. The Kier molecular flexibility index (Phi) is 8.56. The summed E-state index contributed by atoms with van der Waals surface area (Å²) < 4.78 is 0. The van der Waals surface area contributed by atoms with Crippen LogP contribution in [0.5, 0.6) is 5.75 Å². The molecule has 0 saturated heterocycles. The van der Waals surface area contributed by atoms with Gasteiger partial charge in [0, 0.05) is 18.7 Å². The number of hydrogen-bond acceptors (Lipinski definition) is 6. The van der Waals surface area contributed by atoms with E-state index in [2.05, 4.69) is 16.0 Å². The number of carboxylic acid groups (broad SMARTS) is 1. The van der Waals surface area contributed by atoms with Crippen LogP contribution in [0, 0.1) is 0 Å². The van der Waals surface area contributed by atoms with Crippen molar-refractivity contribution in [3.8, 4) is 5.75 Å². The van der Waals surface area contributed by atoms with E-state index in [0.29, 0.717) is 5.56 Å². The van der Waals surface area contributed by atoms with E-state index in [9.17, 15) is 29.4 Å². The molecule has 2 aromatic rings. The van der Waals surface area contributed by atoms with E-state index in [-0.39, 0.29) is 35.0 Å². The Hall–Kier alpha value is -3.63. The van der Waals surface area contributed by atoms with Gasteiger partial charge in [0.2, 0.25) is 5.91 Å². The molecule has 0 aliphatic carbocycles. The number of amides is 3. The molecule has 2 aromatic carbocycles. The summed E-state index contributed by atoms with van der Waals surface area (Å²) in [6, 6.07) is 8.09. The number of halogens is 1. The standard InChI is InChI=1S/C21H23ClN4O6/c1-11(23)18(28)25-10-17(21(31)32)26-20(30)15-6-5-13(8-16(15)22)19(29)24-9-12-3-2-4-14(27)7-12/h2-8,11,17,27H,9-10,23H2,1H3,(H,24,29)(H,25,28)(H,26,30)(H,31,32)/t11-,17+/m1/s1. The summed E-state index contributed by atoms with van der Waals surface area (Å²) in [6.07, 6.45) is 0. The number of benzene rings is 2. The monoisotopic (exact) mass is 462 g/mol. The molecular weight excluding hydrogens is 440 g/mol. The molecule has 0 heterocycles. The van der Waals surface area contributed by atoms with Gasteiger partial charge < -0.3 is 31.9 Å². The molecule has 0 aliphatic rings. The van der Waals surface area contributed by atoms with E-state index in [1.54, 1.807) is 12.1 Å². The van der Waals surface area contributed by atoms with Gasteiger partial charge in [-0.1, -0.05) is 23.7 Å². The lowest BCUT2D eigenvalue weighted by Crippen LogP contribution is -2.50. The fourth-order valence-corrected chi connectivity index (χ4v) is 2.86. The molecule has 2 atom stereocenters. The third kappa shape index (κ3) is 6.96. The number of carboxylic acids is 1. The summed E-state index contributed by atoms with van der Waals surface area (Å²) in [4.78, 5) is 47.7. The molecule has 0 unspecified atom stereocenters. The number of nitrogens with one attached hydrogen (secondary N) is 3. The maximum Gasteiger partial charge on any atom is 0.328 e. The third-order valence-corrected chi connectivity index (χ3v) is 4.65. The van der Waals surface area contributed by atoms with E-state index in [1.807, 2.05) is 0 Å². The number of rotatable bonds is 9. The van der Waals surface area contributed by atoms with Gasteiger partial charge in [0.1, 0.15) is 11.8 Å². The topological polar surface area (TPSA) is 171 Å². The first kappa shape index (κ1) is 24.6. The average molecular weight is 463 g/mol. The molecule has 0 radical (unpaired) electrons. The van der Waals surface area contributed by atoms with Gasteiger partial charge in [-0.25, -0.2) is 4.79 Å². The maximum atomic E-state index is 12.5. The van der Waals surface area contributed by atoms with Crippen molar-refractivity contribution in [2.24, 2.45) is 5.73 Å². The Bertz CT molecular complexity index is 1030. The van der Waals surface area contributed by atoms with Crippen LogP contribution < -0.4 is 21.7 Å². The molecule has 32 heavy (non-hydrogen) atoms. The van der Waals surface area contributed by atoms with Gasteiger partial charge in [-0.2, -0.15) is 0 Å². The lowest BCUT2D eigenvalue weighted by atomic mass is 10.1. The molecule has 0 aliphatic heterocycles. The van der Waals surface area contributed by atoms with E-state index in [1.165, 1.54) is 37.3 Å². The summed E-state index contributed by atoms with van der Waals surface area (Å²) in [6.45, 7) is 1.24. The summed E-state index contributed by atoms with van der Waals surface area (Å²) in [5.41, 5.74) is 6.24. The van der Waals surface area contributed by atoms with Crippen LogP contribution in [0.15, 0.2) is 42.5 Å². The zero-order chi connectivity index (χ0) is 23.8. The molecule has 170 valence electrons. The normalized spacial score (nSPS) is 12.3. The molecule has 0 saturated carbocycles. The maximum absolute atomic E-state index is 12.5. The Morgan fingerprint density at radius 3 is 2.38 bits per heavy atom. The summed E-state index contributed by atoms with van der Waals surface area (Å²) >= 11 is 6.13. The summed E-state index contributed by atoms with van der Waals surface area (Å²) in [5, 5.41) is 25.9. The fourth-order valence-electron chi connectivity index (χ4n) is 2.59. The first-order chi connectivity index (χ1) is 15.1. The highest BCUT2D eigenvalue weighted by Crippen LogP contribution is 2.18. The van der Waals surface area contributed by atoms with Crippen molar-refractivity contribution in [1.29, 1.82) is 0 Å². The van der Waals surface area contributed by atoms with Gasteiger partial charge in [-0.15, -0.1) is 0 Å². The van der Waals surface area contributed by atoms with Crippen LogP contribution in [-0.4, -0.2) is 52.5 Å². The quantitative estimate of drug-likeness (QED) is 0.317. The van der Waals surface area contributed by atoms with E-state index in [4.69, 9.17) is 17.3 Å². The van der Waals surface area contributed by atoms with Crippen LogP contribution in [0.3, 0.4) is 0 Å². The number of aromatic hydroxyl groups is 1. The molecule has 11 heteroatoms. The number of aliphatic carboxylic acids is 1. The van der Waals surface area contributed by atoms with Gasteiger partial charge >= 0.3 is 5.97 Å². The molecule has 7 N–H and O–H groups in total. The highest BCUT2D eigenvalue weighted by Gasteiger charge is 2.23. The highest BCUT2D eigenvalue weighted by atomic mass is 35.5. The number of carbonyl (C=O) groups excluding carboxylic acids is 3. The molecule has 3 amide bonds. The van der Waals surface area contributed by atoms with Crippen LogP contribution >= 0.6 is 11.6 Å². The highest BCUT2D eigenvalue weighted by molar-refractivity contribution is 6.34. The van der Waals surface area contributed by atoms with Gasteiger partial charge in [-0.3, -0.25) is 14.4 Å². The van der Waals surface area contributed by atoms with Crippen molar-refractivity contribution in [3.05, 3.63) is 64.2 Å². The van der Waals surface area contributed by atoms with E-state index >= 15 is 0 Å². The van der Waals surface area contributed by atoms with Crippen LogP contribution in [0.1, 0.15) is 33.2 Å². The lowest BCUT2D eigenvalue weighted by Gasteiger charge is -2.17. The molecule has 0 aromatic heterocycles. The molecule has 0 fully saturated rings. The van der Waals surface area contributed by atoms with Crippen molar-refractivity contribution < 1.29 is 29.4 Å². The van der Waals surface area contributed by atoms with Gasteiger partial charge in [0.25, 0.3) is 11.8 Å². The fraction of sp³-hybridized carbons (Fsp3) is 0.238. The minimum atomic E-state index is -1.41. The van der Waals surface area contributed by atoms with Crippen molar-refractivity contribution >= 4 is 35.3 Å². The number of phenols is 1. The van der Waals surface area contributed by atoms with Gasteiger partial charge in [0.05, 0.1) is 16.6 Å². The predicted octanol–water partition coefficient (Wildman–Crippen LogP) is 0.622. The molecule has 10 nitrogen and oxygen atoms in total. The summed E-state index contributed by atoms with van der Waals surface area (Å²) in [7, 11) is 0. The SMILES string of the molecule is C[C@@H](N)C(=O)NC[C@H](NC(=O)c1ccc(C(=O)NCc2cccc(O)c2)cc1Cl)C(=O)O.